The van der Waals surface area contributed by atoms with E-state index in [0.29, 0.717) is 5.37 Å². The maximum atomic E-state index is 3.47. The highest BCUT2D eigenvalue weighted by molar-refractivity contribution is 14.1. The molecule has 1 fully saturated rings. The minimum absolute atomic E-state index is 0.636. The van der Waals surface area contributed by atoms with Gasteiger partial charge in [0.1, 0.15) is 0 Å². The van der Waals surface area contributed by atoms with E-state index in [0.717, 1.165) is 12.3 Å². The van der Waals surface area contributed by atoms with Gasteiger partial charge in [0.2, 0.25) is 0 Å². The van der Waals surface area contributed by atoms with E-state index < -0.39 is 0 Å². The molecule has 4 heteroatoms. The number of thioether (sulfide) groups is 1. The third-order valence-corrected chi connectivity index (χ3v) is 6.19. The molecule has 1 N–H and O–H groups in total. The molecule has 2 heterocycles. The van der Waals surface area contributed by atoms with Crippen molar-refractivity contribution in [3.05, 3.63) is 22.8 Å². The van der Waals surface area contributed by atoms with E-state index in [1.807, 2.05) is 11.8 Å². The van der Waals surface area contributed by atoms with Gasteiger partial charge in [-0.25, -0.2) is 0 Å². The Morgan fingerprint density at radius 1 is 1.62 bits per heavy atom. The van der Waals surface area contributed by atoms with Crippen LogP contribution in [0.2, 0.25) is 0 Å². The second kappa shape index (κ2) is 5.78. The molecule has 2 aliphatic rings. The quantitative estimate of drug-likeness (QED) is 0.619. The number of hydrogen-bond acceptors (Lipinski definition) is 3. The monoisotopic (exact) mass is 350 g/mol. The van der Waals surface area contributed by atoms with Gasteiger partial charge in [0.05, 0.1) is 28.2 Å². The minimum atomic E-state index is 0.636. The van der Waals surface area contributed by atoms with Crippen molar-refractivity contribution in [1.29, 1.82) is 0 Å². The Kier molecular flexibility index (Phi) is 4.61. The first-order chi connectivity index (χ1) is 7.77. The summed E-state index contributed by atoms with van der Waals surface area (Å²) in [5.41, 5.74) is 1.50. The molecule has 1 saturated heterocycles. The Bertz CT molecular complexity index is 308. The van der Waals surface area contributed by atoms with Gasteiger partial charge in [-0.1, -0.05) is 30.8 Å². The van der Waals surface area contributed by atoms with Crippen LogP contribution in [0.4, 0.5) is 0 Å². The SMILES string of the molecule is C/C=C\C1=C(CC)N(I)C(C2CCNC2)S1. The topological polar surface area (TPSA) is 15.3 Å². The van der Waals surface area contributed by atoms with Gasteiger partial charge in [-0.2, -0.15) is 0 Å². The third-order valence-electron chi connectivity index (χ3n) is 3.17. The molecule has 0 aromatic carbocycles. The van der Waals surface area contributed by atoms with Gasteiger partial charge >= 0.3 is 0 Å². The molecule has 0 aromatic rings. The summed E-state index contributed by atoms with van der Waals surface area (Å²) >= 11 is 4.54. The highest BCUT2D eigenvalue weighted by Gasteiger charge is 2.36. The molecule has 2 aliphatic heterocycles. The van der Waals surface area contributed by atoms with Crippen LogP contribution in [0.5, 0.6) is 0 Å². The Morgan fingerprint density at radius 2 is 2.44 bits per heavy atom. The predicted molar refractivity (Wildman–Crippen MR) is 80.3 cm³/mol. The zero-order valence-corrected chi connectivity index (χ0v) is 12.8. The number of nitrogens with one attached hydrogen (secondary N) is 1. The number of nitrogens with zero attached hydrogens (tertiary/aromatic N) is 1. The maximum absolute atomic E-state index is 3.47. The van der Waals surface area contributed by atoms with Crippen molar-refractivity contribution in [3.63, 3.8) is 0 Å². The molecule has 0 radical (unpaired) electrons. The van der Waals surface area contributed by atoms with E-state index in [1.165, 1.54) is 30.1 Å². The van der Waals surface area contributed by atoms with E-state index in [4.69, 9.17) is 0 Å². The molecular weight excluding hydrogens is 331 g/mol. The van der Waals surface area contributed by atoms with Crippen molar-refractivity contribution < 1.29 is 0 Å². The summed E-state index contributed by atoms with van der Waals surface area (Å²) in [7, 11) is 0. The number of halogens is 1. The summed E-state index contributed by atoms with van der Waals surface area (Å²) in [6, 6.07) is 0. The van der Waals surface area contributed by atoms with Crippen LogP contribution >= 0.6 is 34.6 Å². The fraction of sp³-hybridized carbons (Fsp3) is 0.667. The lowest BCUT2D eigenvalue weighted by molar-refractivity contribution is 0.429. The summed E-state index contributed by atoms with van der Waals surface area (Å²) in [5, 5.41) is 4.11. The summed E-state index contributed by atoms with van der Waals surface area (Å²) in [6.45, 7) is 6.72. The Hall–Kier alpha value is 0.320. The highest BCUT2D eigenvalue weighted by Crippen LogP contribution is 2.46. The van der Waals surface area contributed by atoms with Crippen molar-refractivity contribution in [1.82, 2.24) is 8.43 Å². The van der Waals surface area contributed by atoms with Crippen molar-refractivity contribution in [2.45, 2.75) is 32.1 Å². The molecule has 2 rings (SSSR count). The van der Waals surface area contributed by atoms with Crippen molar-refractivity contribution in [3.8, 4) is 0 Å². The molecule has 2 atom stereocenters. The summed E-state index contributed by atoms with van der Waals surface area (Å²) in [5.74, 6) is 0.797. The molecule has 0 spiro atoms. The van der Waals surface area contributed by atoms with Crippen LogP contribution in [0, 0.1) is 5.92 Å². The number of hydrogen-bond donors (Lipinski definition) is 1. The van der Waals surface area contributed by atoms with Gasteiger partial charge in [-0.15, -0.1) is 0 Å². The fourth-order valence-corrected chi connectivity index (χ4v) is 5.38. The Morgan fingerprint density at radius 3 is 3.00 bits per heavy atom. The van der Waals surface area contributed by atoms with E-state index in [2.05, 4.69) is 57.3 Å². The van der Waals surface area contributed by atoms with Crippen LogP contribution < -0.4 is 5.32 Å². The summed E-state index contributed by atoms with van der Waals surface area (Å²) in [6.07, 6.45) is 6.86. The zero-order chi connectivity index (χ0) is 11.5. The van der Waals surface area contributed by atoms with Gasteiger partial charge in [0, 0.05) is 23.1 Å². The highest BCUT2D eigenvalue weighted by atomic mass is 127. The van der Waals surface area contributed by atoms with Gasteiger partial charge < -0.3 is 8.43 Å². The van der Waals surface area contributed by atoms with Crippen molar-refractivity contribution in [2.75, 3.05) is 13.1 Å². The Balaban J connectivity index is 2.12. The molecule has 16 heavy (non-hydrogen) atoms. The lowest BCUT2D eigenvalue weighted by Gasteiger charge is -2.25. The van der Waals surface area contributed by atoms with Crippen molar-refractivity contribution in [2.24, 2.45) is 5.92 Å². The van der Waals surface area contributed by atoms with Crippen LogP contribution in [0.1, 0.15) is 26.7 Å². The molecular formula is C12H19IN2S. The minimum Gasteiger partial charge on any atom is -0.316 e. The maximum Gasteiger partial charge on any atom is 0.0930 e. The average molecular weight is 350 g/mol. The lowest BCUT2D eigenvalue weighted by atomic mass is 10.1. The summed E-state index contributed by atoms with van der Waals surface area (Å²) < 4.78 is 2.47. The first-order valence-corrected chi connectivity index (χ1v) is 7.80. The second-order valence-electron chi connectivity index (χ2n) is 4.24. The normalized spacial score (nSPS) is 31.1. The molecule has 0 saturated carbocycles. The van der Waals surface area contributed by atoms with E-state index in [1.54, 1.807) is 0 Å². The largest absolute Gasteiger partial charge is 0.316 e. The molecule has 0 aromatic heterocycles. The smallest absolute Gasteiger partial charge is 0.0930 e. The van der Waals surface area contributed by atoms with Gasteiger partial charge in [-0.05, 0) is 26.3 Å². The lowest BCUT2D eigenvalue weighted by Crippen LogP contribution is -2.28. The first kappa shape index (κ1) is 12.8. The zero-order valence-electron chi connectivity index (χ0n) is 9.87. The molecule has 90 valence electrons. The van der Waals surface area contributed by atoms with Crippen LogP contribution in [-0.4, -0.2) is 21.6 Å². The van der Waals surface area contributed by atoms with Crippen molar-refractivity contribution >= 4 is 34.6 Å². The van der Waals surface area contributed by atoms with E-state index in [9.17, 15) is 0 Å². The predicted octanol–water partition coefficient (Wildman–Crippen LogP) is 3.52. The van der Waals surface area contributed by atoms with Crippen LogP contribution in [0.25, 0.3) is 0 Å². The van der Waals surface area contributed by atoms with Gasteiger partial charge in [0.15, 0.2) is 0 Å². The standard InChI is InChI=1S/C12H19IN2S/c1-3-5-11-10(4-2)15(13)12(16-11)9-6-7-14-8-9/h3,5,9,12,14H,4,6-8H2,1-2H3/b5-3-. The van der Waals surface area contributed by atoms with Gasteiger partial charge in [-0.3, -0.25) is 0 Å². The number of allylic oxidation sites excluding steroid dienone is 3. The first-order valence-electron chi connectivity index (χ1n) is 5.96. The molecule has 0 amide bonds. The third kappa shape index (κ3) is 2.43. The Labute approximate surface area is 116 Å². The van der Waals surface area contributed by atoms with Crippen LogP contribution in [-0.2, 0) is 0 Å². The van der Waals surface area contributed by atoms with Crippen LogP contribution in [0.3, 0.4) is 0 Å². The van der Waals surface area contributed by atoms with Gasteiger partial charge in [0.25, 0.3) is 0 Å². The molecule has 0 aliphatic carbocycles. The average Bonchev–Trinajstić information content (AvgIpc) is 2.87. The molecule has 2 nitrogen and oxygen atoms in total. The van der Waals surface area contributed by atoms with Crippen LogP contribution in [0.15, 0.2) is 22.8 Å². The second-order valence-corrected chi connectivity index (χ2v) is 6.44. The molecule has 2 unspecified atom stereocenters. The van der Waals surface area contributed by atoms with E-state index in [-0.39, 0.29) is 0 Å². The fourth-order valence-electron chi connectivity index (χ4n) is 2.32. The molecule has 0 bridgehead atoms. The van der Waals surface area contributed by atoms with E-state index >= 15 is 0 Å². The number of rotatable bonds is 3. The summed E-state index contributed by atoms with van der Waals surface area (Å²) in [4.78, 5) is 1.47.